The highest BCUT2D eigenvalue weighted by atomic mass is 15.3. The molecule has 0 aliphatic heterocycles. The van der Waals surface area contributed by atoms with Crippen molar-refractivity contribution in [1.29, 1.82) is 0 Å². The summed E-state index contributed by atoms with van der Waals surface area (Å²) < 4.78 is 1.91. The molecule has 1 fully saturated rings. The van der Waals surface area contributed by atoms with Crippen molar-refractivity contribution in [3.8, 4) is 0 Å². The van der Waals surface area contributed by atoms with E-state index in [0.717, 1.165) is 22.8 Å². The zero-order valence-electron chi connectivity index (χ0n) is 13.9. The van der Waals surface area contributed by atoms with Gasteiger partial charge in [-0.3, -0.25) is 0 Å². The fraction of sp³-hybridized carbons (Fsp3) is 0.368. The van der Waals surface area contributed by atoms with E-state index in [1.54, 1.807) is 0 Å². The third kappa shape index (κ3) is 2.81. The molecule has 2 heterocycles. The fourth-order valence-corrected chi connectivity index (χ4v) is 2.79. The van der Waals surface area contributed by atoms with Gasteiger partial charge in [0.05, 0.1) is 5.69 Å². The Morgan fingerprint density at radius 2 is 1.83 bits per heavy atom. The number of hydrogen-bond donors (Lipinski definition) is 1. The Morgan fingerprint density at radius 1 is 1.09 bits per heavy atom. The summed E-state index contributed by atoms with van der Waals surface area (Å²) in [6.45, 7) is 6.68. The van der Waals surface area contributed by atoms with Crippen molar-refractivity contribution in [2.45, 2.75) is 44.9 Å². The third-order valence-electron chi connectivity index (χ3n) is 4.40. The number of hydrogen-bond acceptors (Lipinski definition) is 3. The number of fused-ring (bicyclic) bond motifs is 1. The molecule has 0 bridgehead atoms. The van der Waals surface area contributed by atoms with Crippen LogP contribution >= 0.6 is 0 Å². The molecule has 1 aromatic carbocycles. The molecule has 0 spiro atoms. The summed E-state index contributed by atoms with van der Waals surface area (Å²) in [7, 11) is 0. The largest absolute Gasteiger partial charge is 0.340 e. The van der Waals surface area contributed by atoms with Crippen LogP contribution in [0.3, 0.4) is 0 Å². The molecule has 0 saturated heterocycles. The van der Waals surface area contributed by atoms with Crippen LogP contribution in [0.25, 0.3) is 5.65 Å². The molecule has 1 aliphatic carbocycles. The molecular weight excluding hydrogens is 284 g/mol. The van der Waals surface area contributed by atoms with Gasteiger partial charge in [-0.2, -0.15) is 9.61 Å². The lowest BCUT2D eigenvalue weighted by atomic mass is 9.87. The number of nitrogens with zero attached hydrogens (tertiary/aromatic N) is 3. The van der Waals surface area contributed by atoms with Crippen molar-refractivity contribution >= 4 is 17.2 Å². The second-order valence-corrected chi connectivity index (χ2v) is 7.40. The minimum atomic E-state index is 0.170. The monoisotopic (exact) mass is 306 g/mol. The molecular formula is C19H22N4. The maximum absolute atomic E-state index is 4.72. The quantitative estimate of drug-likeness (QED) is 0.766. The first-order valence-electron chi connectivity index (χ1n) is 8.23. The van der Waals surface area contributed by atoms with Gasteiger partial charge in [0.25, 0.3) is 0 Å². The topological polar surface area (TPSA) is 42.2 Å². The Kier molecular flexibility index (Phi) is 3.15. The molecule has 0 atom stereocenters. The molecule has 3 aromatic rings. The Bertz CT molecular complexity index is 836. The van der Waals surface area contributed by atoms with E-state index in [9.17, 15) is 0 Å². The van der Waals surface area contributed by atoms with E-state index in [-0.39, 0.29) is 5.41 Å². The van der Waals surface area contributed by atoms with Gasteiger partial charge in [-0.25, -0.2) is 4.98 Å². The summed E-state index contributed by atoms with van der Waals surface area (Å²) >= 11 is 0. The van der Waals surface area contributed by atoms with Gasteiger partial charge in [-0.1, -0.05) is 32.9 Å². The van der Waals surface area contributed by atoms with Crippen molar-refractivity contribution in [3.05, 3.63) is 53.9 Å². The lowest BCUT2D eigenvalue weighted by Gasteiger charge is -2.19. The zero-order chi connectivity index (χ0) is 16.0. The van der Waals surface area contributed by atoms with Crippen LogP contribution in [-0.4, -0.2) is 14.6 Å². The highest BCUT2D eigenvalue weighted by Gasteiger charge is 2.26. The molecule has 23 heavy (non-hydrogen) atoms. The molecule has 0 amide bonds. The molecule has 1 aliphatic rings. The summed E-state index contributed by atoms with van der Waals surface area (Å²) in [4.78, 5) is 4.42. The van der Waals surface area contributed by atoms with E-state index in [1.165, 1.54) is 18.4 Å². The van der Waals surface area contributed by atoms with E-state index in [4.69, 9.17) is 5.10 Å². The SMILES string of the molecule is CC(C)(C)c1ccc(Nc2ccnc3cc(C4CC4)nn23)cc1. The lowest BCUT2D eigenvalue weighted by Crippen LogP contribution is -2.10. The first-order chi connectivity index (χ1) is 11.0. The van der Waals surface area contributed by atoms with Gasteiger partial charge < -0.3 is 5.32 Å². The Balaban J connectivity index is 1.64. The van der Waals surface area contributed by atoms with E-state index in [0.29, 0.717) is 5.92 Å². The van der Waals surface area contributed by atoms with Crippen LogP contribution in [0, 0.1) is 0 Å². The lowest BCUT2D eigenvalue weighted by molar-refractivity contribution is 0.590. The van der Waals surface area contributed by atoms with Crippen molar-refractivity contribution in [2.75, 3.05) is 5.32 Å². The molecule has 4 rings (SSSR count). The van der Waals surface area contributed by atoms with Crippen molar-refractivity contribution in [3.63, 3.8) is 0 Å². The third-order valence-corrected chi connectivity index (χ3v) is 4.40. The highest BCUT2D eigenvalue weighted by Crippen LogP contribution is 2.39. The van der Waals surface area contributed by atoms with Gasteiger partial charge in [0.1, 0.15) is 5.82 Å². The van der Waals surface area contributed by atoms with Crippen molar-refractivity contribution in [1.82, 2.24) is 14.6 Å². The average Bonchev–Trinajstić information content (AvgIpc) is 3.26. The first kappa shape index (κ1) is 14.2. The van der Waals surface area contributed by atoms with Crippen molar-refractivity contribution in [2.24, 2.45) is 0 Å². The second-order valence-electron chi connectivity index (χ2n) is 7.40. The number of rotatable bonds is 3. The Morgan fingerprint density at radius 3 is 2.48 bits per heavy atom. The summed E-state index contributed by atoms with van der Waals surface area (Å²) in [5.41, 5.74) is 4.63. The van der Waals surface area contributed by atoms with Crippen LogP contribution in [0.15, 0.2) is 42.6 Å². The summed E-state index contributed by atoms with van der Waals surface area (Å²) in [5, 5.41) is 8.18. The Labute approximate surface area is 136 Å². The van der Waals surface area contributed by atoms with Crippen LogP contribution in [0.5, 0.6) is 0 Å². The molecule has 4 heteroatoms. The predicted octanol–water partition coefficient (Wildman–Crippen LogP) is 4.65. The van der Waals surface area contributed by atoms with E-state index >= 15 is 0 Å². The molecule has 1 saturated carbocycles. The second kappa shape index (κ2) is 5.08. The van der Waals surface area contributed by atoms with Gasteiger partial charge in [0, 0.05) is 23.9 Å². The molecule has 1 N–H and O–H groups in total. The molecule has 118 valence electrons. The number of anilines is 2. The first-order valence-corrected chi connectivity index (χ1v) is 8.23. The normalized spacial score (nSPS) is 15.1. The number of aromatic nitrogens is 3. The molecule has 0 radical (unpaired) electrons. The van der Waals surface area contributed by atoms with E-state index in [1.807, 2.05) is 16.8 Å². The summed E-state index contributed by atoms with van der Waals surface area (Å²) in [5.74, 6) is 1.58. The Hall–Kier alpha value is -2.36. The van der Waals surface area contributed by atoms with Gasteiger partial charge in [-0.15, -0.1) is 0 Å². The summed E-state index contributed by atoms with van der Waals surface area (Å²) in [6.07, 6.45) is 4.33. The van der Waals surface area contributed by atoms with Gasteiger partial charge in [0.2, 0.25) is 0 Å². The van der Waals surface area contributed by atoms with E-state index < -0.39 is 0 Å². The van der Waals surface area contributed by atoms with Crippen LogP contribution in [-0.2, 0) is 5.41 Å². The van der Waals surface area contributed by atoms with Gasteiger partial charge in [-0.05, 0) is 42.0 Å². The minimum absolute atomic E-state index is 0.170. The number of benzene rings is 1. The average molecular weight is 306 g/mol. The van der Waals surface area contributed by atoms with Crippen LogP contribution < -0.4 is 5.32 Å². The minimum Gasteiger partial charge on any atom is -0.340 e. The maximum atomic E-state index is 4.72. The predicted molar refractivity (Wildman–Crippen MR) is 93.4 cm³/mol. The molecule has 4 nitrogen and oxygen atoms in total. The maximum Gasteiger partial charge on any atom is 0.157 e. The van der Waals surface area contributed by atoms with Gasteiger partial charge >= 0.3 is 0 Å². The fourth-order valence-electron chi connectivity index (χ4n) is 2.79. The van der Waals surface area contributed by atoms with Crippen LogP contribution in [0.1, 0.15) is 50.8 Å². The molecule has 2 aromatic heterocycles. The van der Waals surface area contributed by atoms with Crippen LogP contribution in [0.4, 0.5) is 11.5 Å². The zero-order valence-corrected chi connectivity index (χ0v) is 13.9. The smallest absolute Gasteiger partial charge is 0.157 e. The van der Waals surface area contributed by atoms with E-state index in [2.05, 4.69) is 61.4 Å². The highest BCUT2D eigenvalue weighted by molar-refractivity contribution is 5.60. The molecule has 0 unspecified atom stereocenters. The summed E-state index contributed by atoms with van der Waals surface area (Å²) in [6, 6.07) is 12.7. The van der Waals surface area contributed by atoms with Crippen molar-refractivity contribution < 1.29 is 0 Å². The standard InChI is InChI=1S/C19H22N4/c1-19(2,3)14-6-8-15(9-7-14)21-17-10-11-20-18-12-16(13-4-5-13)22-23(17)18/h6-13,21H,4-5H2,1-3H3. The van der Waals surface area contributed by atoms with Gasteiger partial charge in [0.15, 0.2) is 5.65 Å². The number of nitrogens with one attached hydrogen (secondary N) is 1. The van der Waals surface area contributed by atoms with Crippen LogP contribution in [0.2, 0.25) is 0 Å².